The van der Waals surface area contributed by atoms with E-state index in [4.69, 9.17) is 10.8 Å². The average molecular weight is 365 g/mol. The molecule has 1 aromatic rings. The molecule has 0 radical (unpaired) electrons. The second kappa shape index (κ2) is 7.40. The van der Waals surface area contributed by atoms with Crippen molar-refractivity contribution in [3.63, 3.8) is 0 Å². The van der Waals surface area contributed by atoms with Crippen molar-refractivity contribution >= 4 is 31.6 Å². The molecule has 1 unspecified atom stereocenters. The Balaban J connectivity index is 2.94. The number of nitrogen functional groups attached to an aromatic ring is 1. The van der Waals surface area contributed by atoms with Crippen molar-refractivity contribution in [1.82, 2.24) is 4.72 Å². The Morgan fingerprint density at radius 3 is 2.65 bits per heavy atom. The summed E-state index contributed by atoms with van der Waals surface area (Å²) in [6, 6.07) is 3.22. The van der Waals surface area contributed by atoms with Gasteiger partial charge in [0.15, 0.2) is 0 Å². The summed E-state index contributed by atoms with van der Waals surface area (Å²) in [6.45, 7) is 4.02. The van der Waals surface area contributed by atoms with Crippen molar-refractivity contribution in [2.75, 3.05) is 18.9 Å². The van der Waals surface area contributed by atoms with E-state index in [1.54, 1.807) is 19.1 Å². The maximum atomic E-state index is 12.3. The number of sulfonamides is 1. The zero-order valence-corrected chi connectivity index (χ0v) is 14.1. The molecule has 4 N–H and O–H groups in total. The van der Waals surface area contributed by atoms with E-state index in [1.165, 1.54) is 0 Å². The summed E-state index contributed by atoms with van der Waals surface area (Å²) in [6.07, 6.45) is 1.39. The van der Waals surface area contributed by atoms with Gasteiger partial charge in [-0.2, -0.15) is 0 Å². The first-order chi connectivity index (χ1) is 9.31. The number of rotatable bonds is 7. The van der Waals surface area contributed by atoms with Gasteiger partial charge in [0.2, 0.25) is 10.0 Å². The average Bonchev–Trinajstić information content (AvgIpc) is 2.38. The fourth-order valence-electron chi connectivity index (χ4n) is 1.89. The number of nitrogens with two attached hydrogens (primary N) is 1. The molecular weight excluding hydrogens is 344 g/mol. The third kappa shape index (κ3) is 4.44. The molecule has 0 spiro atoms. The van der Waals surface area contributed by atoms with Crippen molar-refractivity contribution in [3.8, 4) is 0 Å². The highest BCUT2D eigenvalue weighted by atomic mass is 79.9. The van der Waals surface area contributed by atoms with Crippen LogP contribution in [-0.4, -0.2) is 26.7 Å². The lowest BCUT2D eigenvalue weighted by Crippen LogP contribution is -2.30. The fraction of sp³-hybridized carbons (Fsp3) is 0.538. The standard InChI is InChI=1S/C13H21BrN2O3S/c1-3-10(4-5-17)8-16-20(18,19)13-7-11(14)6-12(15)9(13)2/h6-7,10,16-17H,3-5,8,15H2,1-2H3. The number of benzene rings is 1. The second-order valence-corrected chi connectivity index (χ2v) is 7.41. The highest BCUT2D eigenvalue weighted by Gasteiger charge is 2.20. The number of halogens is 1. The molecule has 0 aliphatic rings. The number of nitrogens with one attached hydrogen (secondary N) is 1. The highest BCUT2D eigenvalue weighted by Crippen LogP contribution is 2.26. The SMILES string of the molecule is CCC(CCO)CNS(=O)(=O)c1cc(Br)cc(N)c1C. The quantitative estimate of drug-likeness (QED) is 0.645. The van der Waals surface area contributed by atoms with Crippen LogP contribution < -0.4 is 10.5 Å². The Hall–Kier alpha value is -0.630. The number of aliphatic hydroxyl groups excluding tert-OH is 1. The summed E-state index contributed by atoms with van der Waals surface area (Å²) < 4.78 is 27.9. The Morgan fingerprint density at radius 2 is 2.10 bits per heavy atom. The van der Waals surface area contributed by atoms with E-state index in [-0.39, 0.29) is 17.4 Å². The summed E-state index contributed by atoms with van der Waals surface area (Å²) in [7, 11) is -3.60. The minimum atomic E-state index is -3.60. The molecule has 0 aliphatic heterocycles. The van der Waals surface area contributed by atoms with Gasteiger partial charge in [0, 0.05) is 23.3 Å². The first kappa shape index (κ1) is 17.4. The number of hydrogen-bond acceptors (Lipinski definition) is 4. The number of hydrogen-bond donors (Lipinski definition) is 3. The Labute approximate surface area is 128 Å². The molecule has 5 nitrogen and oxygen atoms in total. The van der Waals surface area contributed by atoms with Gasteiger partial charge in [0.25, 0.3) is 0 Å². The Morgan fingerprint density at radius 1 is 1.45 bits per heavy atom. The molecule has 0 heterocycles. The molecule has 0 saturated carbocycles. The van der Waals surface area contributed by atoms with Gasteiger partial charge in [-0.05, 0) is 37.0 Å². The number of anilines is 1. The lowest BCUT2D eigenvalue weighted by atomic mass is 10.0. The van der Waals surface area contributed by atoms with Gasteiger partial charge in [-0.3, -0.25) is 0 Å². The van der Waals surface area contributed by atoms with E-state index >= 15 is 0 Å². The number of aliphatic hydroxyl groups is 1. The van der Waals surface area contributed by atoms with Gasteiger partial charge < -0.3 is 10.8 Å². The van der Waals surface area contributed by atoms with Crippen LogP contribution in [0.1, 0.15) is 25.3 Å². The molecule has 0 amide bonds. The van der Waals surface area contributed by atoms with Crippen LogP contribution in [0.15, 0.2) is 21.5 Å². The first-order valence-corrected chi connectivity index (χ1v) is 8.75. The molecule has 0 bridgehead atoms. The summed E-state index contributed by atoms with van der Waals surface area (Å²) in [4.78, 5) is 0.184. The molecule has 0 fully saturated rings. The van der Waals surface area contributed by atoms with E-state index in [1.807, 2.05) is 6.92 Å². The van der Waals surface area contributed by atoms with E-state index in [2.05, 4.69) is 20.7 Å². The molecule has 1 aromatic carbocycles. The van der Waals surface area contributed by atoms with Gasteiger partial charge in [0.05, 0.1) is 4.90 Å². The zero-order valence-electron chi connectivity index (χ0n) is 11.7. The molecule has 20 heavy (non-hydrogen) atoms. The van der Waals surface area contributed by atoms with Crippen LogP contribution in [0.5, 0.6) is 0 Å². The predicted molar refractivity (Wildman–Crippen MR) is 84.0 cm³/mol. The van der Waals surface area contributed by atoms with Crippen molar-refractivity contribution in [2.45, 2.75) is 31.6 Å². The van der Waals surface area contributed by atoms with Gasteiger partial charge in [0.1, 0.15) is 0 Å². The summed E-state index contributed by atoms with van der Waals surface area (Å²) in [5.41, 5.74) is 6.76. The lowest BCUT2D eigenvalue weighted by molar-refractivity contribution is 0.254. The first-order valence-electron chi connectivity index (χ1n) is 6.48. The van der Waals surface area contributed by atoms with Crippen LogP contribution >= 0.6 is 15.9 Å². The maximum absolute atomic E-state index is 12.3. The van der Waals surface area contributed by atoms with Crippen LogP contribution in [0.4, 0.5) is 5.69 Å². The molecule has 114 valence electrons. The lowest BCUT2D eigenvalue weighted by Gasteiger charge is -2.16. The van der Waals surface area contributed by atoms with Crippen LogP contribution in [0.25, 0.3) is 0 Å². The van der Waals surface area contributed by atoms with E-state index in [0.29, 0.717) is 28.7 Å². The largest absolute Gasteiger partial charge is 0.398 e. The third-order valence-electron chi connectivity index (χ3n) is 3.33. The predicted octanol–water partition coefficient (Wildman–Crippen LogP) is 2.03. The molecule has 0 aliphatic carbocycles. The molecule has 1 rings (SSSR count). The van der Waals surface area contributed by atoms with Crippen molar-refractivity contribution in [1.29, 1.82) is 0 Å². The van der Waals surface area contributed by atoms with Crippen LogP contribution in [0, 0.1) is 12.8 Å². The van der Waals surface area contributed by atoms with Gasteiger partial charge in [-0.1, -0.05) is 29.3 Å². The Bertz CT molecular complexity index is 561. The van der Waals surface area contributed by atoms with E-state index < -0.39 is 10.0 Å². The minimum Gasteiger partial charge on any atom is -0.398 e. The van der Waals surface area contributed by atoms with Crippen LogP contribution in [0.2, 0.25) is 0 Å². The molecule has 0 saturated heterocycles. The highest BCUT2D eigenvalue weighted by molar-refractivity contribution is 9.10. The second-order valence-electron chi connectivity index (χ2n) is 4.76. The third-order valence-corrected chi connectivity index (χ3v) is 5.34. The van der Waals surface area contributed by atoms with Crippen LogP contribution in [0.3, 0.4) is 0 Å². The zero-order chi connectivity index (χ0) is 15.3. The fourth-order valence-corrected chi connectivity index (χ4v) is 3.93. The van der Waals surface area contributed by atoms with Crippen molar-refractivity contribution < 1.29 is 13.5 Å². The van der Waals surface area contributed by atoms with Gasteiger partial charge >= 0.3 is 0 Å². The molecular formula is C13H21BrN2O3S. The minimum absolute atomic E-state index is 0.0586. The summed E-state index contributed by atoms with van der Waals surface area (Å²) in [5, 5.41) is 8.93. The molecule has 0 aromatic heterocycles. The van der Waals surface area contributed by atoms with Gasteiger partial charge in [-0.25, -0.2) is 13.1 Å². The van der Waals surface area contributed by atoms with Crippen molar-refractivity contribution in [3.05, 3.63) is 22.2 Å². The van der Waals surface area contributed by atoms with Crippen molar-refractivity contribution in [2.24, 2.45) is 5.92 Å². The molecule has 7 heteroatoms. The van der Waals surface area contributed by atoms with Crippen LogP contribution in [-0.2, 0) is 10.0 Å². The van der Waals surface area contributed by atoms with E-state index in [0.717, 1.165) is 6.42 Å². The summed E-state index contributed by atoms with van der Waals surface area (Å²) in [5.74, 6) is 0.125. The maximum Gasteiger partial charge on any atom is 0.240 e. The molecule has 1 atom stereocenters. The summed E-state index contributed by atoms with van der Waals surface area (Å²) >= 11 is 3.25. The van der Waals surface area contributed by atoms with Gasteiger partial charge in [-0.15, -0.1) is 0 Å². The Kier molecular flexibility index (Phi) is 6.44. The monoisotopic (exact) mass is 364 g/mol. The van der Waals surface area contributed by atoms with E-state index in [9.17, 15) is 8.42 Å². The topological polar surface area (TPSA) is 92.4 Å². The normalized spacial score (nSPS) is 13.4. The smallest absolute Gasteiger partial charge is 0.240 e.